The van der Waals surface area contributed by atoms with Crippen molar-refractivity contribution in [1.82, 2.24) is 0 Å². The second-order valence-electron chi connectivity index (χ2n) is 7.67. The number of ether oxygens (including phenoxy) is 1. The summed E-state index contributed by atoms with van der Waals surface area (Å²) in [5.41, 5.74) is 1.42. The van der Waals surface area contributed by atoms with Crippen LogP contribution in [0.2, 0.25) is 18.1 Å². The molecule has 1 aromatic rings. The van der Waals surface area contributed by atoms with Crippen LogP contribution in [-0.2, 0) is 15.6 Å². The first-order valence-corrected chi connectivity index (χ1v) is 11.0. The Labute approximate surface area is 131 Å². The lowest BCUT2D eigenvalue weighted by atomic mass is 10.0. The summed E-state index contributed by atoms with van der Waals surface area (Å²) >= 11 is 0. The zero-order valence-electron chi connectivity index (χ0n) is 14.2. The molecule has 1 aromatic carbocycles. The number of rotatable bonds is 7. The number of aryl methyl sites for hydroxylation is 1. The second-order valence-corrected chi connectivity index (χ2v) is 12.4. The molecule has 2 rings (SSSR count). The van der Waals surface area contributed by atoms with E-state index >= 15 is 0 Å². The molecule has 0 spiro atoms. The van der Waals surface area contributed by atoms with E-state index in [1.54, 1.807) is 0 Å². The highest BCUT2D eigenvalue weighted by Crippen LogP contribution is 2.39. The molecule has 1 saturated heterocycles. The molecule has 1 heterocycles. The van der Waals surface area contributed by atoms with E-state index in [1.807, 2.05) is 0 Å². The molecule has 0 aromatic heterocycles. The molecule has 21 heavy (non-hydrogen) atoms. The number of epoxide rings is 1. The van der Waals surface area contributed by atoms with Crippen molar-refractivity contribution < 1.29 is 9.16 Å². The van der Waals surface area contributed by atoms with Crippen LogP contribution in [0.15, 0.2) is 30.3 Å². The van der Waals surface area contributed by atoms with E-state index in [1.165, 1.54) is 12.0 Å². The maximum atomic E-state index is 6.58. The van der Waals surface area contributed by atoms with Crippen molar-refractivity contribution in [3.63, 3.8) is 0 Å². The zero-order valence-corrected chi connectivity index (χ0v) is 15.2. The van der Waals surface area contributed by atoms with Crippen molar-refractivity contribution in [2.24, 2.45) is 0 Å². The summed E-state index contributed by atoms with van der Waals surface area (Å²) in [5.74, 6) is 0. The van der Waals surface area contributed by atoms with Crippen LogP contribution in [0.1, 0.15) is 39.2 Å². The maximum Gasteiger partial charge on any atom is 0.192 e. The van der Waals surface area contributed by atoms with E-state index in [4.69, 9.17) is 9.16 Å². The van der Waals surface area contributed by atoms with Crippen molar-refractivity contribution >= 4 is 8.32 Å². The molecule has 1 aliphatic rings. The molecule has 0 N–H and O–H groups in total. The Bertz CT molecular complexity index is 432. The van der Waals surface area contributed by atoms with E-state index < -0.39 is 8.32 Å². The number of benzene rings is 1. The van der Waals surface area contributed by atoms with Crippen LogP contribution < -0.4 is 0 Å². The Balaban J connectivity index is 1.86. The van der Waals surface area contributed by atoms with Crippen molar-refractivity contribution in [1.29, 1.82) is 0 Å². The first kappa shape index (κ1) is 16.7. The van der Waals surface area contributed by atoms with Gasteiger partial charge in [-0.1, -0.05) is 51.1 Å². The highest BCUT2D eigenvalue weighted by molar-refractivity contribution is 6.74. The molecule has 2 atom stereocenters. The zero-order chi connectivity index (χ0) is 15.5. The molecule has 3 heteroatoms. The van der Waals surface area contributed by atoms with Gasteiger partial charge >= 0.3 is 0 Å². The van der Waals surface area contributed by atoms with Crippen LogP contribution in [0.25, 0.3) is 0 Å². The molecule has 2 nitrogen and oxygen atoms in total. The first-order valence-electron chi connectivity index (χ1n) is 8.13. The summed E-state index contributed by atoms with van der Waals surface area (Å²) in [4.78, 5) is 0. The molecular weight excluding hydrogens is 276 g/mol. The third kappa shape index (κ3) is 4.94. The van der Waals surface area contributed by atoms with Crippen LogP contribution in [-0.4, -0.2) is 27.1 Å². The smallest absolute Gasteiger partial charge is 0.192 e. The topological polar surface area (TPSA) is 21.8 Å². The summed E-state index contributed by atoms with van der Waals surface area (Å²) in [6.45, 7) is 12.4. The van der Waals surface area contributed by atoms with Crippen LogP contribution in [0.3, 0.4) is 0 Å². The van der Waals surface area contributed by atoms with Gasteiger partial charge in [0.1, 0.15) is 6.10 Å². The molecule has 0 bridgehead atoms. The van der Waals surface area contributed by atoms with E-state index in [0.717, 1.165) is 19.4 Å². The lowest BCUT2D eigenvalue weighted by Crippen LogP contribution is -2.45. The van der Waals surface area contributed by atoms with Gasteiger partial charge in [-0.15, -0.1) is 0 Å². The van der Waals surface area contributed by atoms with Gasteiger partial charge in [0.25, 0.3) is 0 Å². The van der Waals surface area contributed by atoms with Gasteiger partial charge in [0.05, 0.1) is 12.7 Å². The summed E-state index contributed by atoms with van der Waals surface area (Å²) in [5, 5.41) is 0.263. The molecular formula is C18H30O2Si. The molecule has 0 radical (unpaired) electrons. The Kier molecular flexibility index (Phi) is 5.28. The molecule has 1 aliphatic heterocycles. The standard InChI is InChI=1S/C18H30O2Si/c1-18(2,3)21(4,5)20-16(17-14-19-17)13-9-12-15-10-7-6-8-11-15/h6-8,10-11,16-17H,9,12-14H2,1-5H3. The van der Waals surface area contributed by atoms with Gasteiger partial charge in [-0.25, -0.2) is 0 Å². The second kappa shape index (κ2) is 6.63. The Morgan fingerprint density at radius 2 is 1.86 bits per heavy atom. The SMILES string of the molecule is CC(C)(C)[Si](C)(C)OC(CCCc1ccccc1)C1CO1. The van der Waals surface area contributed by atoms with Gasteiger partial charge < -0.3 is 9.16 Å². The fourth-order valence-corrected chi connectivity index (χ4v) is 3.68. The van der Waals surface area contributed by atoms with E-state index in [9.17, 15) is 0 Å². The van der Waals surface area contributed by atoms with Gasteiger partial charge in [-0.3, -0.25) is 0 Å². The Hall–Kier alpha value is -0.643. The van der Waals surface area contributed by atoms with Crippen molar-refractivity contribution in [3.8, 4) is 0 Å². The predicted molar refractivity (Wildman–Crippen MR) is 91.2 cm³/mol. The minimum atomic E-state index is -1.70. The molecule has 0 amide bonds. The molecule has 118 valence electrons. The highest BCUT2D eigenvalue weighted by Gasteiger charge is 2.43. The summed E-state index contributed by atoms with van der Waals surface area (Å²) in [6.07, 6.45) is 4.03. The van der Waals surface area contributed by atoms with E-state index in [0.29, 0.717) is 6.10 Å². The average molecular weight is 307 g/mol. The fourth-order valence-electron chi connectivity index (χ4n) is 2.30. The highest BCUT2D eigenvalue weighted by atomic mass is 28.4. The largest absolute Gasteiger partial charge is 0.411 e. The Morgan fingerprint density at radius 3 is 2.38 bits per heavy atom. The third-order valence-corrected chi connectivity index (χ3v) is 9.33. The lowest BCUT2D eigenvalue weighted by Gasteiger charge is -2.39. The van der Waals surface area contributed by atoms with E-state index in [2.05, 4.69) is 64.2 Å². The molecule has 0 aliphatic carbocycles. The first-order chi connectivity index (χ1) is 9.79. The quantitative estimate of drug-likeness (QED) is 0.533. The van der Waals surface area contributed by atoms with Crippen molar-refractivity contribution in [2.75, 3.05) is 6.61 Å². The van der Waals surface area contributed by atoms with Gasteiger partial charge in [-0.2, -0.15) is 0 Å². The summed E-state index contributed by atoms with van der Waals surface area (Å²) < 4.78 is 12.1. The monoisotopic (exact) mass is 306 g/mol. The number of hydrogen-bond acceptors (Lipinski definition) is 2. The van der Waals surface area contributed by atoms with Gasteiger partial charge in [0.15, 0.2) is 8.32 Å². The number of hydrogen-bond donors (Lipinski definition) is 0. The Morgan fingerprint density at radius 1 is 1.24 bits per heavy atom. The summed E-state index contributed by atoms with van der Waals surface area (Å²) in [7, 11) is -1.70. The van der Waals surface area contributed by atoms with Crippen molar-refractivity contribution in [3.05, 3.63) is 35.9 Å². The van der Waals surface area contributed by atoms with Gasteiger partial charge in [-0.05, 0) is 43.0 Å². The molecule has 1 fully saturated rings. The fraction of sp³-hybridized carbons (Fsp3) is 0.667. The van der Waals surface area contributed by atoms with Crippen molar-refractivity contribution in [2.45, 2.75) is 70.4 Å². The van der Waals surface area contributed by atoms with Crippen LogP contribution in [0.5, 0.6) is 0 Å². The normalized spacial score (nSPS) is 20.3. The van der Waals surface area contributed by atoms with Gasteiger partial charge in [0.2, 0.25) is 0 Å². The minimum absolute atomic E-state index is 0.263. The lowest BCUT2D eigenvalue weighted by molar-refractivity contribution is 0.132. The van der Waals surface area contributed by atoms with E-state index in [-0.39, 0.29) is 11.1 Å². The minimum Gasteiger partial charge on any atom is -0.411 e. The maximum absolute atomic E-state index is 6.58. The molecule has 0 saturated carbocycles. The van der Waals surface area contributed by atoms with Crippen LogP contribution >= 0.6 is 0 Å². The van der Waals surface area contributed by atoms with Gasteiger partial charge in [0, 0.05) is 0 Å². The van der Waals surface area contributed by atoms with Crippen LogP contribution in [0, 0.1) is 0 Å². The average Bonchev–Trinajstić information content (AvgIpc) is 3.21. The predicted octanol–water partition coefficient (Wildman–Crippen LogP) is 4.80. The molecule has 2 unspecified atom stereocenters. The summed E-state index contributed by atoms with van der Waals surface area (Å²) in [6, 6.07) is 10.7. The van der Waals surface area contributed by atoms with Crippen LogP contribution in [0.4, 0.5) is 0 Å². The third-order valence-electron chi connectivity index (χ3n) is 4.82.